The lowest BCUT2D eigenvalue weighted by Crippen LogP contribution is -2.54. The molecule has 1 atom stereocenters. The topological polar surface area (TPSA) is 58.6 Å². The molecule has 1 unspecified atom stereocenters. The van der Waals surface area contributed by atoms with Crippen LogP contribution in [0.4, 0.5) is 10.2 Å². The summed E-state index contributed by atoms with van der Waals surface area (Å²) < 4.78 is 19.7. The average molecular weight is 420 g/mol. The van der Waals surface area contributed by atoms with Crippen LogP contribution in [0.25, 0.3) is 0 Å². The van der Waals surface area contributed by atoms with Crippen molar-refractivity contribution in [1.82, 2.24) is 14.9 Å². The monoisotopic (exact) mass is 420 g/mol. The van der Waals surface area contributed by atoms with Crippen molar-refractivity contribution in [1.29, 1.82) is 0 Å². The molecule has 0 radical (unpaired) electrons. The zero-order valence-electron chi connectivity index (χ0n) is 17.7. The highest BCUT2D eigenvalue weighted by molar-refractivity contribution is 5.79. The van der Waals surface area contributed by atoms with Crippen molar-refractivity contribution in [2.75, 3.05) is 24.5 Å². The van der Waals surface area contributed by atoms with Crippen LogP contribution in [0.5, 0.6) is 11.6 Å². The summed E-state index contributed by atoms with van der Waals surface area (Å²) in [5.74, 6) is 0.795. The lowest BCUT2D eigenvalue weighted by Gasteiger charge is -2.40. The van der Waals surface area contributed by atoms with Crippen LogP contribution in [-0.2, 0) is 11.2 Å². The van der Waals surface area contributed by atoms with E-state index in [2.05, 4.69) is 14.9 Å². The molecule has 1 fully saturated rings. The first-order chi connectivity index (χ1) is 15.0. The number of ether oxygens (including phenoxy) is 1. The Kier molecular flexibility index (Phi) is 6.11. The fourth-order valence-electron chi connectivity index (χ4n) is 3.77. The van der Waals surface area contributed by atoms with E-state index in [-0.39, 0.29) is 23.6 Å². The highest BCUT2D eigenvalue weighted by atomic mass is 19.1. The number of hydrogen-bond acceptors (Lipinski definition) is 5. The SMILES string of the molecule is Cc1ccc(F)c(Oc2cc(N3CCN(C(=O)Cc4ccccc4)C(C)C3)ncn2)c1. The van der Waals surface area contributed by atoms with Crippen molar-refractivity contribution in [3.8, 4) is 11.6 Å². The number of aromatic nitrogens is 2. The number of piperazine rings is 1. The number of anilines is 1. The summed E-state index contributed by atoms with van der Waals surface area (Å²) in [4.78, 5) is 25.3. The molecule has 1 saturated heterocycles. The number of benzene rings is 2. The number of carbonyl (C=O) groups excluding carboxylic acids is 1. The van der Waals surface area contributed by atoms with Crippen molar-refractivity contribution in [3.05, 3.63) is 77.9 Å². The summed E-state index contributed by atoms with van der Waals surface area (Å²) in [6.07, 6.45) is 1.81. The number of aryl methyl sites for hydroxylation is 1. The maximum absolute atomic E-state index is 14.0. The second-order valence-electron chi connectivity index (χ2n) is 7.79. The van der Waals surface area contributed by atoms with Gasteiger partial charge >= 0.3 is 0 Å². The summed E-state index contributed by atoms with van der Waals surface area (Å²) in [7, 11) is 0. The highest BCUT2D eigenvalue weighted by Gasteiger charge is 2.28. The third kappa shape index (κ3) is 4.99. The van der Waals surface area contributed by atoms with Gasteiger partial charge in [-0.2, -0.15) is 0 Å². The van der Waals surface area contributed by atoms with Gasteiger partial charge in [-0.15, -0.1) is 0 Å². The van der Waals surface area contributed by atoms with Crippen LogP contribution in [0.3, 0.4) is 0 Å². The minimum atomic E-state index is -0.440. The molecule has 2 heterocycles. The van der Waals surface area contributed by atoms with Gasteiger partial charge in [0.05, 0.1) is 6.42 Å². The summed E-state index contributed by atoms with van der Waals surface area (Å²) in [6.45, 7) is 5.82. The van der Waals surface area contributed by atoms with Gasteiger partial charge in [-0.1, -0.05) is 36.4 Å². The van der Waals surface area contributed by atoms with Crippen LogP contribution >= 0.6 is 0 Å². The average Bonchev–Trinajstić information content (AvgIpc) is 2.77. The number of amides is 1. The lowest BCUT2D eigenvalue weighted by molar-refractivity contribution is -0.132. The van der Waals surface area contributed by atoms with Crippen LogP contribution in [0, 0.1) is 12.7 Å². The van der Waals surface area contributed by atoms with Crippen molar-refractivity contribution < 1.29 is 13.9 Å². The molecule has 0 N–H and O–H groups in total. The first-order valence-corrected chi connectivity index (χ1v) is 10.3. The van der Waals surface area contributed by atoms with Gasteiger partial charge < -0.3 is 14.5 Å². The van der Waals surface area contributed by atoms with Gasteiger partial charge in [0.2, 0.25) is 11.8 Å². The minimum absolute atomic E-state index is 0.0403. The number of rotatable bonds is 5. The molecule has 0 bridgehead atoms. The molecule has 0 spiro atoms. The van der Waals surface area contributed by atoms with E-state index in [0.717, 1.165) is 11.1 Å². The molecule has 160 valence electrons. The molecule has 1 aliphatic rings. The first kappa shape index (κ1) is 20.8. The Morgan fingerprint density at radius 3 is 2.71 bits per heavy atom. The van der Waals surface area contributed by atoms with Gasteiger partial charge in [0.25, 0.3) is 0 Å². The van der Waals surface area contributed by atoms with Gasteiger partial charge in [0.1, 0.15) is 12.1 Å². The van der Waals surface area contributed by atoms with E-state index < -0.39 is 5.82 Å². The Bertz CT molecular complexity index is 1060. The number of carbonyl (C=O) groups is 1. The Labute approximate surface area is 181 Å². The van der Waals surface area contributed by atoms with Crippen LogP contribution < -0.4 is 9.64 Å². The van der Waals surface area contributed by atoms with E-state index in [9.17, 15) is 9.18 Å². The van der Waals surface area contributed by atoms with Gasteiger partial charge in [-0.05, 0) is 37.1 Å². The normalized spacial score (nSPS) is 16.3. The maximum atomic E-state index is 14.0. The minimum Gasteiger partial charge on any atom is -0.436 e. The molecule has 1 aromatic heterocycles. The number of hydrogen-bond donors (Lipinski definition) is 0. The molecule has 0 aliphatic carbocycles. The first-order valence-electron chi connectivity index (χ1n) is 10.3. The third-order valence-electron chi connectivity index (χ3n) is 5.40. The molecule has 1 amide bonds. The second-order valence-corrected chi connectivity index (χ2v) is 7.79. The molecule has 0 saturated carbocycles. The summed E-state index contributed by atoms with van der Waals surface area (Å²) in [5.41, 5.74) is 1.92. The smallest absolute Gasteiger partial charge is 0.227 e. The zero-order valence-corrected chi connectivity index (χ0v) is 17.7. The molecule has 3 aromatic rings. The van der Waals surface area contributed by atoms with E-state index in [0.29, 0.717) is 31.9 Å². The maximum Gasteiger partial charge on any atom is 0.227 e. The molecule has 2 aromatic carbocycles. The van der Waals surface area contributed by atoms with Crippen molar-refractivity contribution >= 4 is 11.7 Å². The molecule has 4 rings (SSSR count). The zero-order chi connectivity index (χ0) is 21.8. The molecular formula is C24H25FN4O2. The Morgan fingerprint density at radius 2 is 1.94 bits per heavy atom. The molecule has 6 nitrogen and oxygen atoms in total. The second kappa shape index (κ2) is 9.12. The van der Waals surface area contributed by atoms with Gasteiger partial charge in [-0.25, -0.2) is 14.4 Å². The molecule has 31 heavy (non-hydrogen) atoms. The van der Waals surface area contributed by atoms with Gasteiger partial charge in [0, 0.05) is 31.7 Å². The quantitative estimate of drug-likeness (QED) is 0.625. The Balaban J connectivity index is 1.41. The highest BCUT2D eigenvalue weighted by Crippen LogP contribution is 2.26. The molecular weight excluding hydrogens is 395 g/mol. The predicted molar refractivity (Wildman–Crippen MR) is 117 cm³/mol. The van der Waals surface area contributed by atoms with Crippen LogP contribution in [0.2, 0.25) is 0 Å². The Hall–Kier alpha value is -3.48. The summed E-state index contributed by atoms with van der Waals surface area (Å²) in [6, 6.07) is 16.2. The lowest BCUT2D eigenvalue weighted by atomic mass is 10.1. The largest absolute Gasteiger partial charge is 0.436 e. The fraction of sp³-hybridized carbons (Fsp3) is 0.292. The molecule has 1 aliphatic heterocycles. The molecule has 7 heteroatoms. The standard InChI is InChI=1S/C24H25FN4O2/c1-17-8-9-20(25)21(12-17)31-23-14-22(26-16-27-23)28-10-11-29(18(2)15-28)24(30)13-19-6-4-3-5-7-19/h3-9,12,14,16,18H,10-11,13,15H2,1-2H3. The van der Waals surface area contributed by atoms with E-state index in [1.54, 1.807) is 18.2 Å². The summed E-state index contributed by atoms with van der Waals surface area (Å²) in [5, 5.41) is 0. The van der Waals surface area contributed by atoms with Crippen LogP contribution in [0.15, 0.2) is 60.9 Å². The predicted octanol–water partition coefficient (Wildman–Crippen LogP) is 4.00. The van der Waals surface area contributed by atoms with Crippen LogP contribution in [-0.4, -0.2) is 46.5 Å². The Morgan fingerprint density at radius 1 is 1.13 bits per heavy atom. The third-order valence-corrected chi connectivity index (χ3v) is 5.40. The van der Waals surface area contributed by atoms with Gasteiger partial charge in [-0.3, -0.25) is 4.79 Å². The van der Waals surface area contributed by atoms with E-state index in [1.165, 1.54) is 12.4 Å². The van der Waals surface area contributed by atoms with E-state index >= 15 is 0 Å². The fourth-order valence-corrected chi connectivity index (χ4v) is 3.77. The van der Waals surface area contributed by atoms with E-state index in [4.69, 9.17) is 4.74 Å². The summed E-state index contributed by atoms with van der Waals surface area (Å²) >= 11 is 0. The number of nitrogens with zero attached hydrogens (tertiary/aromatic N) is 4. The van der Waals surface area contributed by atoms with E-state index in [1.807, 2.05) is 49.1 Å². The number of halogens is 1. The van der Waals surface area contributed by atoms with Crippen molar-refractivity contribution in [3.63, 3.8) is 0 Å². The van der Waals surface area contributed by atoms with Crippen molar-refractivity contribution in [2.24, 2.45) is 0 Å². The van der Waals surface area contributed by atoms with Crippen molar-refractivity contribution in [2.45, 2.75) is 26.3 Å². The van der Waals surface area contributed by atoms with Gasteiger partial charge in [0.15, 0.2) is 11.6 Å². The van der Waals surface area contributed by atoms with Crippen LogP contribution in [0.1, 0.15) is 18.1 Å².